The standard InChI is InChI=1S/C26H43N3O3/c30-27-17-23-8-3-6-19(23)15-22-12-11-18(13-14-26(22)29-32)24-9-2-1-5-20(24)16-21-7-4-10-25(21)28-31/h18-26H,1-17H2. The summed E-state index contributed by atoms with van der Waals surface area (Å²) in [5.74, 6) is 4.06. The molecule has 0 aromatic rings. The van der Waals surface area contributed by atoms with E-state index >= 15 is 0 Å². The number of nitrogens with zero attached hydrogens (tertiary/aromatic N) is 3. The van der Waals surface area contributed by atoms with Crippen molar-refractivity contribution < 1.29 is 0 Å². The number of hydrogen-bond donors (Lipinski definition) is 0. The SMILES string of the molecule is O=NCC1CCCC1CC1CCC(C2CCCCC2CC2CCCC2N=O)CCC1N=O. The molecule has 0 radical (unpaired) electrons. The van der Waals surface area contributed by atoms with E-state index in [1.807, 2.05) is 0 Å². The van der Waals surface area contributed by atoms with Crippen LogP contribution in [-0.4, -0.2) is 18.6 Å². The van der Waals surface area contributed by atoms with E-state index in [-0.39, 0.29) is 12.1 Å². The topological polar surface area (TPSA) is 88.3 Å². The first kappa shape index (κ1) is 23.9. The fraction of sp³-hybridized carbons (Fsp3) is 1.00. The average molecular weight is 446 g/mol. The van der Waals surface area contributed by atoms with Crippen molar-refractivity contribution >= 4 is 0 Å². The molecule has 0 amide bonds. The van der Waals surface area contributed by atoms with Crippen LogP contribution in [0.4, 0.5) is 0 Å². The van der Waals surface area contributed by atoms with E-state index in [1.165, 1.54) is 57.8 Å². The molecular weight excluding hydrogens is 402 g/mol. The predicted molar refractivity (Wildman–Crippen MR) is 128 cm³/mol. The Balaban J connectivity index is 1.38. The van der Waals surface area contributed by atoms with Crippen molar-refractivity contribution in [3.8, 4) is 0 Å². The van der Waals surface area contributed by atoms with E-state index in [4.69, 9.17) is 0 Å². The Hall–Kier alpha value is -1.20. The molecular formula is C26H43N3O3. The first-order chi connectivity index (χ1) is 15.7. The van der Waals surface area contributed by atoms with Gasteiger partial charge in [0.2, 0.25) is 0 Å². The van der Waals surface area contributed by atoms with E-state index in [9.17, 15) is 14.7 Å². The van der Waals surface area contributed by atoms with Crippen molar-refractivity contribution in [2.75, 3.05) is 6.54 Å². The smallest absolute Gasteiger partial charge is 0.0948 e. The average Bonchev–Trinajstić information content (AvgIpc) is 3.40. The number of rotatable bonds is 9. The van der Waals surface area contributed by atoms with Gasteiger partial charge in [-0.2, -0.15) is 14.7 Å². The molecule has 6 heteroatoms. The highest BCUT2D eigenvalue weighted by Crippen LogP contribution is 2.48. The van der Waals surface area contributed by atoms with Gasteiger partial charge in [-0.3, -0.25) is 0 Å². The zero-order valence-electron chi connectivity index (χ0n) is 19.8. The molecule has 4 rings (SSSR count). The molecule has 32 heavy (non-hydrogen) atoms. The van der Waals surface area contributed by atoms with Gasteiger partial charge in [0.25, 0.3) is 0 Å². The van der Waals surface area contributed by atoms with Crippen molar-refractivity contribution in [2.45, 2.75) is 115 Å². The molecule has 4 aliphatic rings. The summed E-state index contributed by atoms with van der Waals surface area (Å²) in [7, 11) is 0. The Bertz CT molecular complexity index is 629. The molecule has 180 valence electrons. The summed E-state index contributed by atoms with van der Waals surface area (Å²) in [5.41, 5.74) is 0. The third kappa shape index (κ3) is 5.64. The highest BCUT2D eigenvalue weighted by molar-refractivity contribution is 4.92. The summed E-state index contributed by atoms with van der Waals surface area (Å²) in [6.07, 6.45) is 18.8. The van der Waals surface area contributed by atoms with Crippen LogP contribution in [0.1, 0.15) is 103 Å². The van der Waals surface area contributed by atoms with Gasteiger partial charge in [-0.1, -0.05) is 54.1 Å². The van der Waals surface area contributed by atoms with Gasteiger partial charge in [-0.05, 0) is 106 Å². The van der Waals surface area contributed by atoms with Gasteiger partial charge >= 0.3 is 0 Å². The molecule has 9 unspecified atom stereocenters. The lowest BCUT2D eigenvalue weighted by atomic mass is 9.67. The van der Waals surface area contributed by atoms with E-state index in [2.05, 4.69) is 15.5 Å². The monoisotopic (exact) mass is 445 g/mol. The minimum Gasteiger partial charge on any atom is -0.151 e. The van der Waals surface area contributed by atoms with Crippen LogP contribution in [0.2, 0.25) is 0 Å². The molecule has 0 spiro atoms. The minimum absolute atomic E-state index is 0.0500. The van der Waals surface area contributed by atoms with Crippen LogP contribution in [0, 0.1) is 56.1 Å². The maximum Gasteiger partial charge on any atom is 0.0948 e. The van der Waals surface area contributed by atoms with E-state index in [0.717, 1.165) is 56.8 Å². The van der Waals surface area contributed by atoms with E-state index < -0.39 is 0 Å². The van der Waals surface area contributed by atoms with Crippen LogP contribution < -0.4 is 0 Å². The van der Waals surface area contributed by atoms with Gasteiger partial charge in [0.05, 0.1) is 18.6 Å². The third-order valence-electron chi connectivity index (χ3n) is 10.1. The highest BCUT2D eigenvalue weighted by atomic mass is 16.3. The van der Waals surface area contributed by atoms with Gasteiger partial charge in [-0.15, -0.1) is 0 Å². The van der Waals surface area contributed by atoms with Crippen molar-refractivity contribution in [3.63, 3.8) is 0 Å². The molecule has 4 fully saturated rings. The molecule has 0 bridgehead atoms. The molecule has 0 aliphatic heterocycles. The predicted octanol–water partition coefficient (Wildman–Crippen LogP) is 7.63. The van der Waals surface area contributed by atoms with Crippen molar-refractivity contribution in [3.05, 3.63) is 14.7 Å². The van der Waals surface area contributed by atoms with Gasteiger partial charge in [0.15, 0.2) is 0 Å². The van der Waals surface area contributed by atoms with Crippen LogP contribution in [0.3, 0.4) is 0 Å². The van der Waals surface area contributed by atoms with E-state index in [1.54, 1.807) is 0 Å². The Kier molecular flexibility index (Phi) is 8.82. The summed E-state index contributed by atoms with van der Waals surface area (Å²) in [6.45, 7) is 0.445. The Morgan fingerprint density at radius 2 is 1.09 bits per heavy atom. The van der Waals surface area contributed by atoms with Gasteiger partial charge in [0, 0.05) is 0 Å². The van der Waals surface area contributed by atoms with Crippen LogP contribution in [0.25, 0.3) is 0 Å². The lowest BCUT2D eigenvalue weighted by Crippen LogP contribution is -2.30. The summed E-state index contributed by atoms with van der Waals surface area (Å²) < 4.78 is 0. The zero-order valence-corrected chi connectivity index (χ0v) is 19.8. The van der Waals surface area contributed by atoms with Crippen LogP contribution in [0.5, 0.6) is 0 Å². The molecule has 0 N–H and O–H groups in total. The highest BCUT2D eigenvalue weighted by Gasteiger charge is 2.40. The normalized spacial score (nSPS) is 42.9. The first-order valence-corrected chi connectivity index (χ1v) is 13.7. The van der Waals surface area contributed by atoms with Crippen LogP contribution >= 0.6 is 0 Å². The Morgan fingerprint density at radius 1 is 0.500 bits per heavy atom. The quantitative estimate of drug-likeness (QED) is 0.270. The van der Waals surface area contributed by atoms with Crippen molar-refractivity contribution in [1.82, 2.24) is 0 Å². The summed E-state index contributed by atoms with van der Waals surface area (Å²) in [6, 6.07) is 0.00547. The summed E-state index contributed by atoms with van der Waals surface area (Å²) in [4.78, 5) is 33.9. The molecule has 0 aromatic carbocycles. The molecule has 0 aromatic heterocycles. The van der Waals surface area contributed by atoms with E-state index in [0.29, 0.717) is 36.1 Å². The van der Waals surface area contributed by atoms with Crippen LogP contribution in [0.15, 0.2) is 15.5 Å². The maximum atomic E-state index is 11.8. The molecule has 0 saturated heterocycles. The molecule has 4 saturated carbocycles. The fourth-order valence-electron chi connectivity index (χ4n) is 8.35. The Labute approximate surface area is 193 Å². The van der Waals surface area contributed by atoms with Gasteiger partial charge in [-0.25, -0.2) is 0 Å². The lowest BCUT2D eigenvalue weighted by Gasteiger charge is -2.39. The minimum atomic E-state index is -0.0500. The number of hydrogen-bond acceptors (Lipinski definition) is 6. The molecule has 0 heterocycles. The van der Waals surface area contributed by atoms with Gasteiger partial charge < -0.3 is 0 Å². The second-order valence-corrected chi connectivity index (χ2v) is 11.7. The second kappa shape index (κ2) is 11.8. The summed E-state index contributed by atoms with van der Waals surface area (Å²) >= 11 is 0. The first-order valence-electron chi connectivity index (χ1n) is 13.7. The third-order valence-corrected chi connectivity index (χ3v) is 10.1. The number of nitroso groups, excluding NO2 is 3. The summed E-state index contributed by atoms with van der Waals surface area (Å²) in [5, 5.41) is 10.3. The molecule has 4 aliphatic carbocycles. The van der Waals surface area contributed by atoms with Crippen LogP contribution in [-0.2, 0) is 0 Å². The van der Waals surface area contributed by atoms with Gasteiger partial charge in [0.1, 0.15) is 0 Å². The fourth-order valence-corrected chi connectivity index (χ4v) is 8.35. The van der Waals surface area contributed by atoms with Crippen molar-refractivity contribution in [2.24, 2.45) is 57.0 Å². The second-order valence-electron chi connectivity index (χ2n) is 11.7. The van der Waals surface area contributed by atoms with Crippen molar-refractivity contribution in [1.29, 1.82) is 0 Å². The molecule has 9 atom stereocenters. The maximum absolute atomic E-state index is 11.8. The Morgan fingerprint density at radius 3 is 1.91 bits per heavy atom. The zero-order chi connectivity index (χ0) is 22.3. The largest absolute Gasteiger partial charge is 0.151 e. The molecule has 6 nitrogen and oxygen atoms in total. The lowest BCUT2D eigenvalue weighted by molar-refractivity contribution is 0.120.